The van der Waals surface area contributed by atoms with Gasteiger partial charge in [-0.05, 0) is 23.8 Å². The zero-order valence-electron chi connectivity index (χ0n) is 15.3. The van der Waals surface area contributed by atoms with Crippen molar-refractivity contribution >= 4 is 27.8 Å². The first kappa shape index (κ1) is 20.5. The SMILES string of the molecule is O=C(Cn1nc(-c2ccc(Br)cc2)ccc1=O)N[C@H](Cc1ccccc1)C(=O)O. The van der Waals surface area contributed by atoms with Crippen LogP contribution in [0.1, 0.15) is 5.56 Å². The zero-order valence-corrected chi connectivity index (χ0v) is 16.9. The highest BCUT2D eigenvalue weighted by Gasteiger charge is 2.21. The summed E-state index contributed by atoms with van der Waals surface area (Å²) >= 11 is 3.36. The van der Waals surface area contributed by atoms with E-state index in [2.05, 4.69) is 26.3 Å². The van der Waals surface area contributed by atoms with Crippen molar-refractivity contribution < 1.29 is 14.7 Å². The van der Waals surface area contributed by atoms with Gasteiger partial charge in [0.25, 0.3) is 5.56 Å². The lowest BCUT2D eigenvalue weighted by molar-refractivity contribution is -0.141. The molecule has 0 spiro atoms. The Hall–Kier alpha value is -3.26. The molecule has 0 fully saturated rings. The summed E-state index contributed by atoms with van der Waals surface area (Å²) in [5.41, 5.74) is 1.66. The van der Waals surface area contributed by atoms with E-state index in [1.807, 2.05) is 30.3 Å². The molecule has 148 valence electrons. The van der Waals surface area contributed by atoms with Gasteiger partial charge in [0, 0.05) is 22.5 Å². The van der Waals surface area contributed by atoms with Gasteiger partial charge in [-0.1, -0.05) is 58.4 Å². The molecule has 2 aromatic carbocycles. The predicted octanol–water partition coefficient (Wildman–Crippen LogP) is 2.48. The number of hydrogen-bond donors (Lipinski definition) is 2. The second kappa shape index (κ2) is 9.29. The fraction of sp³-hybridized carbons (Fsp3) is 0.143. The van der Waals surface area contributed by atoms with Crippen molar-refractivity contribution in [1.82, 2.24) is 15.1 Å². The number of benzene rings is 2. The van der Waals surface area contributed by atoms with Crippen LogP contribution < -0.4 is 10.9 Å². The molecule has 3 rings (SSSR count). The lowest BCUT2D eigenvalue weighted by atomic mass is 10.1. The second-order valence-corrected chi connectivity index (χ2v) is 7.29. The third-order valence-electron chi connectivity index (χ3n) is 4.22. The number of carbonyl (C=O) groups excluding carboxylic acids is 1. The number of hydrogen-bond acceptors (Lipinski definition) is 4. The maximum Gasteiger partial charge on any atom is 0.326 e. The summed E-state index contributed by atoms with van der Waals surface area (Å²) in [6.45, 7) is -0.373. The van der Waals surface area contributed by atoms with Crippen LogP contribution in [0.25, 0.3) is 11.3 Å². The molecule has 0 bridgehead atoms. The molecule has 29 heavy (non-hydrogen) atoms. The largest absolute Gasteiger partial charge is 0.480 e. The van der Waals surface area contributed by atoms with Crippen LogP contribution in [0.5, 0.6) is 0 Å². The molecule has 0 saturated carbocycles. The first-order chi connectivity index (χ1) is 13.9. The molecular formula is C21H18BrN3O4. The molecule has 0 saturated heterocycles. The van der Waals surface area contributed by atoms with Crippen molar-refractivity contribution in [3.63, 3.8) is 0 Å². The van der Waals surface area contributed by atoms with Crippen molar-refractivity contribution in [2.75, 3.05) is 0 Å². The van der Waals surface area contributed by atoms with Crippen molar-refractivity contribution in [3.8, 4) is 11.3 Å². The van der Waals surface area contributed by atoms with E-state index in [0.717, 1.165) is 20.3 Å². The monoisotopic (exact) mass is 455 g/mol. The molecule has 0 aliphatic carbocycles. The predicted molar refractivity (Wildman–Crippen MR) is 111 cm³/mol. The Morgan fingerprint density at radius 3 is 2.38 bits per heavy atom. The summed E-state index contributed by atoms with van der Waals surface area (Å²) in [7, 11) is 0. The minimum Gasteiger partial charge on any atom is -0.480 e. The smallest absolute Gasteiger partial charge is 0.326 e. The van der Waals surface area contributed by atoms with Gasteiger partial charge in [0.2, 0.25) is 5.91 Å². The summed E-state index contributed by atoms with van der Waals surface area (Å²) in [5, 5.41) is 16.1. The Kier molecular flexibility index (Phi) is 6.56. The number of carboxylic acids is 1. The van der Waals surface area contributed by atoms with Gasteiger partial charge in [-0.15, -0.1) is 0 Å². The van der Waals surface area contributed by atoms with Crippen LogP contribution in [0.15, 0.2) is 76.0 Å². The van der Waals surface area contributed by atoms with Gasteiger partial charge in [-0.2, -0.15) is 5.10 Å². The van der Waals surface area contributed by atoms with Gasteiger partial charge >= 0.3 is 5.97 Å². The lowest BCUT2D eigenvalue weighted by Gasteiger charge is -2.15. The van der Waals surface area contributed by atoms with E-state index in [0.29, 0.717) is 5.69 Å². The molecule has 7 nitrogen and oxygen atoms in total. The number of nitrogens with zero attached hydrogens (tertiary/aromatic N) is 2. The Morgan fingerprint density at radius 1 is 1.03 bits per heavy atom. The zero-order chi connectivity index (χ0) is 20.8. The first-order valence-corrected chi connectivity index (χ1v) is 9.62. The molecule has 0 radical (unpaired) electrons. The number of nitrogens with one attached hydrogen (secondary N) is 1. The summed E-state index contributed by atoms with van der Waals surface area (Å²) in [5.74, 6) is -1.75. The fourth-order valence-electron chi connectivity index (χ4n) is 2.76. The molecule has 1 atom stereocenters. The molecule has 1 amide bonds. The molecule has 0 aliphatic heterocycles. The minimum absolute atomic E-state index is 0.142. The molecular weight excluding hydrogens is 438 g/mol. The van der Waals surface area contributed by atoms with Crippen LogP contribution in [-0.4, -0.2) is 32.8 Å². The molecule has 3 aromatic rings. The minimum atomic E-state index is -1.15. The summed E-state index contributed by atoms with van der Waals surface area (Å²) in [6, 6.07) is 18.2. The average Bonchev–Trinajstić information content (AvgIpc) is 2.70. The van der Waals surface area contributed by atoms with Crippen LogP contribution in [0.4, 0.5) is 0 Å². The van der Waals surface area contributed by atoms with Crippen LogP contribution in [0.2, 0.25) is 0 Å². The van der Waals surface area contributed by atoms with E-state index in [-0.39, 0.29) is 13.0 Å². The number of carboxylic acid groups (broad SMARTS) is 1. The number of carbonyl (C=O) groups is 2. The average molecular weight is 456 g/mol. The topological polar surface area (TPSA) is 101 Å². The molecule has 1 aromatic heterocycles. The summed E-state index contributed by atoms with van der Waals surface area (Å²) < 4.78 is 1.93. The first-order valence-electron chi connectivity index (χ1n) is 8.82. The third-order valence-corrected chi connectivity index (χ3v) is 4.74. The number of halogens is 1. The standard InChI is InChI=1S/C21H18BrN3O4/c22-16-8-6-15(7-9-16)17-10-11-20(27)25(24-17)13-19(26)23-18(21(28)29)12-14-4-2-1-3-5-14/h1-11,18H,12-13H2,(H,23,26)(H,28,29)/t18-/m1/s1. The number of aromatic nitrogens is 2. The molecule has 2 N–H and O–H groups in total. The third kappa shape index (κ3) is 5.61. The van der Waals surface area contributed by atoms with Crippen LogP contribution >= 0.6 is 15.9 Å². The van der Waals surface area contributed by atoms with Crippen LogP contribution in [0, 0.1) is 0 Å². The van der Waals surface area contributed by atoms with E-state index in [1.165, 1.54) is 6.07 Å². The summed E-state index contributed by atoms with van der Waals surface area (Å²) in [4.78, 5) is 36.0. The Balaban J connectivity index is 1.73. The highest BCUT2D eigenvalue weighted by atomic mass is 79.9. The van der Waals surface area contributed by atoms with Crippen LogP contribution in [0.3, 0.4) is 0 Å². The van der Waals surface area contributed by atoms with E-state index in [4.69, 9.17) is 0 Å². The van der Waals surface area contributed by atoms with Gasteiger partial charge in [0.1, 0.15) is 12.6 Å². The quantitative estimate of drug-likeness (QED) is 0.569. The molecule has 0 aliphatic rings. The number of aliphatic carboxylic acids is 1. The van der Waals surface area contributed by atoms with Gasteiger partial charge in [0.05, 0.1) is 5.69 Å². The van der Waals surface area contributed by atoms with Crippen molar-refractivity contribution in [2.24, 2.45) is 0 Å². The molecule has 8 heteroatoms. The molecule has 0 unspecified atom stereocenters. The maximum absolute atomic E-state index is 12.4. The van der Waals surface area contributed by atoms with Crippen molar-refractivity contribution in [2.45, 2.75) is 19.0 Å². The fourth-order valence-corrected chi connectivity index (χ4v) is 3.03. The normalized spacial score (nSPS) is 11.6. The molecule has 1 heterocycles. The van der Waals surface area contributed by atoms with Gasteiger partial charge in [-0.3, -0.25) is 9.59 Å². The van der Waals surface area contributed by atoms with Gasteiger partial charge in [-0.25, -0.2) is 9.48 Å². The summed E-state index contributed by atoms with van der Waals surface area (Å²) in [6.07, 6.45) is 0.142. The Morgan fingerprint density at radius 2 is 1.72 bits per heavy atom. The Bertz CT molecular complexity index is 1070. The van der Waals surface area contributed by atoms with Crippen molar-refractivity contribution in [1.29, 1.82) is 0 Å². The number of rotatable bonds is 7. The maximum atomic E-state index is 12.4. The van der Waals surface area contributed by atoms with E-state index < -0.39 is 23.5 Å². The lowest BCUT2D eigenvalue weighted by Crippen LogP contribution is -2.44. The van der Waals surface area contributed by atoms with Crippen LogP contribution in [-0.2, 0) is 22.6 Å². The second-order valence-electron chi connectivity index (χ2n) is 6.37. The van der Waals surface area contributed by atoms with E-state index in [9.17, 15) is 19.5 Å². The van der Waals surface area contributed by atoms with E-state index >= 15 is 0 Å². The highest BCUT2D eigenvalue weighted by Crippen LogP contribution is 2.18. The Labute approximate surface area is 175 Å². The van der Waals surface area contributed by atoms with E-state index in [1.54, 1.807) is 30.3 Å². The van der Waals surface area contributed by atoms with Gasteiger partial charge in [0.15, 0.2) is 0 Å². The highest BCUT2D eigenvalue weighted by molar-refractivity contribution is 9.10. The number of amides is 1. The van der Waals surface area contributed by atoms with Gasteiger partial charge < -0.3 is 10.4 Å². The van der Waals surface area contributed by atoms with Crippen molar-refractivity contribution in [3.05, 3.63) is 87.1 Å².